The first-order chi connectivity index (χ1) is 9.03. The minimum Gasteiger partial charge on any atom is -0.393 e. The van der Waals surface area contributed by atoms with Crippen LogP contribution in [0.2, 0.25) is 0 Å². The van der Waals surface area contributed by atoms with Gasteiger partial charge in [0.1, 0.15) is 0 Å². The quantitative estimate of drug-likeness (QED) is 0.775. The summed E-state index contributed by atoms with van der Waals surface area (Å²) >= 11 is 0. The Morgan fingerprint density at radius 3 is 2.26 bits per heavy atom. The molecule has 0 saturated heterocycles. The van der Waals surface area contributed by atoms with E-state index < -0.39 is 0 Å². The van der Waals surface area contributed by atoms with E-state index in [1.807, 2.05) is 0 Å². The molecule has 0 heterocycles. The monoisotopic (exact) mass is 268 g/mol. The van der Waals surface area contributed by atoms with Crippen molar-refractivity contribution in [3.05, 3.63) is 0 Å². The number of hydrogen-bond donors (Lipinski definition) is 1. The molecule has 2 aliphatic carbocycles. The van der Waals surface area contributed by atoms with Gasteiger partial charge < -0.3 is 14.9 Å². The Morgan fingerprint density at radius 2 is 1.68 bits per heavy atom. The van der Waals surface area contributed by atoms with Crippen molar-refractivity contribution >= 4 is 0 Å². The molecular weight excluding hydrogens is 236 g/mol. The molecule has 0 aromatic rings. The molecule has 3 heteroatoms. The Morgan fingerprint density at radius 1 is 1.00 bits per heavy atom. The van der Waals surface area contributed by atoms with E-state index in [2.05, 4.69) is 30.9 Å². The lowest BCUT2D eigenvalue weighted by molar-refractivity contribution is 0.0122. The third-order valence-corrected chi connectivity index (χ3v) is 5.46. The van der Waals surface area contributed by atoms with Crippen molar-refractivity contribution in [2.75, 3.05) is 34.2 Å². The van der Waals surface area contributed by atoms with Crippen molar-refractivity contribution < 1.29 is 5.11 Å². The fourth-order valence-corrected chi connectivity index (χ4v) is 3.88. The van der Waals surface area contributed by atoms with Crippen LogP contribution in [0.1, 0.15) is 51.4 Å². The van der Waals surface area contributed by atoms with E-state index in [0.717, 1.165) is 19.5 Å². The first-order valence-corrected chi connectivity index (χ1v) is 8.07. The zero-order valence-electron chi connectivity index (χ0n) is 13.1. The number of likely N-dealkylation sites (N-methyl/N-ethyl adjacent to an activating group) is 2. The molecule has 0 aromatic heterocycles. The Bertz CT molecular complexity index is 276. The van der Waals surface area contributed by atoms with Crippen molar-refractivity contribution in [2.24, 2.45) is 5.92 Å². The van der Waals surface area contributed by atoms with Crippen LogP contribution in [0.5, 0.6) is 0 Å². The van der Waals surface area contributed by atoms with Crippen LogP contribution in [-0.4, -0.2) is 60.8 Å². The lowest BCUT2D eigenvalue weighted by Crippen LogP contribution is -2.57. The van der Waals surface area contributed by atoms with Gasteiger partial charge in [-0.05, 0) is 59.2 Å². The highest BCUT2D eigenvalue weighted by Gasteiger charge is 2.40. The average Bonchev–Trinajstić information content (AvgIpc) is 2.49. The summed E-state index contributed by atoms with van der Waals surface area (Å²) in [6.45, 7) is 2.22. The molecule has 2 rings (SSSR count). The molecule has 2 atom stereocenters. The Kier molecular flexibility index (Phi) is 5.27. The number of hydrogen-bond acceptors (Lipinski definition) is 3. The molecule has 2 aliphatic rings. The van der Waals surface area contributed by atoms with Crippen LogP contribution >= 0.6 is 0 Å². The van der Waals surface area contributed by atoms with Crippen LogP contribution in [0, 0.1) is 5.92 Å². The van der Waals surface area contributed by atoms with Crippen LogP contribution in [0.3, 0.4) is 0 Å². The summed E-state index contributed by atoms with van der Waals surface area (Å²) < 4.78 is 0. The minimum atomic E-state index is -0.0679. The van der Waals surface area contributed by atoms with Crippen molar-refractivity contribution in [3.8, 4) is 0 Å². The third-order valence-electron chi connectivity index (χ3n) is 5.46. The van der Waals surface area contributed by atoms with Gasteiger partial charge in [0.2, 0.25) is 0 Å². The predicted octanol–water partition coefficient (Wildman–Crippen LogP) is 2.34. The van der Waals surface area contributed by atoms with E-state index in [1.165, 1.54) is 44.9 Å². The van der Waals surface area contributed by atoms with Gasteiger partial charge in [0, 0.05) is 18.6 Å². The van der Waals surface area contributed by atoms with E-state index in [1.54, 1.807) is 0 Å². The van der Waals surface area contributed by atoms with Gasteiger partial charge in [-0.2, -0.15) is 0 Å². The molecule has 112 valence electrons. The smallest absolute Gasteiger partial charge is 0.0580 e. The molecule has 3 nitrogen and oxygen atoms in total. The zero-order valence-corrected chi connectivity index (χ0v) is 13.1. The molecule has 2 saturated carbocycles. The second-order valence-electron chi connectivity index (χ2n) is 7.13. The average molecular weight is 268 g/mol. The molecule has 2 unspecified atom stereocenters. The molecule has 0 aliphatic heterocycles. The number of aliphatic hydroxyl groups excluding tert-OH is 1. The molecule has 2 fully saturated rings. The lowest BCUT2D eigenvalue weighted by Gasteiger charge is -2.49. The zero-order chi connectivity index (χ0) is 13.9. The first-order valence-electron chi connectivity index (χ1n) is 8.07. The fraction of sp³-hybridized carbons (Fsp3) is 1.00. The maximum absolute atomic E-state index is 10.2. The second kappa shape index (κ2) is 6.55. The molecule has 0 spiro atoms. The summed E-state index contributed by atoms with van der Waals surface area (Å²) in [4.78, 5) is 4.88. The maximum Gasteiger partial charge on any atom is 0.0580 e. The Hall–Kier alpha value is -0.120. The highest BCUT2D eigenvalue weighted by Crippen LogP contribution is 2.37. The standard InChI is InChI=1S/C16H32N2O/c1-17(2)16(10-7-11-16)13-18(3)12-14-8-5-4-6-9-15(14)19/h14-15,19H,4-13H2,1-3H3. The van der Waals surface area contributed by atoms with Gasteiger partial charge in [-0.25, -0.2) is 0 Å². The summed E-state index contributed by atoms with van der Waals surface area (Å²) in [6.07, 6.45) is 10.0. The van der Waals surface area contributed by atoms with Gasteiger partial charge in [-0.15, -0.1) is 0 Å². The van der Waals surface area contributed by atoms with Crippen LogP contribution in [0.4, 0.5) is 0 Å². The van der Waals surface area contributed by atoms with Crippen molar-refractivity contribution in [2.45, 2.75) is 63.0 Å². The molecule has 0 aromatic carbocycles. The van der Waals surface area contributed by atoms with E-state index in [4.69, 9.17) is 0 Å². The van der Waals surface area contributed by atoms with E-state index in [9.17, 15) is 5.11 Å². The molecular formula is C16H32N2O. The van der Waals surface area contributed by atoms with E-state index in [0.29, 0.717) is 11.5 Å². The fourth-order valence-electron chi connectivity index (χ4n) is 3.88. The normalized spacial score (nSPS) is 31.3. The van der Waals surface area contributed by atoms with Gasteiger partial charge in [0.15, 0.2) is 0 Å². The van der Waals surface area contributed by atoms with Crippen LogP contribution in [0.15, 0.2) is 0 Å². The van der Waals surface area contributed by atoms with Crippen molar-refractivity contribution in [1.82, 2.24) is 9.80 Å². The lowest BCUT2D eigenvalue weighted by atomic mass is 9.75. The first kappa shape index (κ1) is 15.3. The SMILES string of the molecule is CN(CC1CCCCCC1O)CC1(N(C)C)CCC1. The van der Waals surface area contributed by atoms with Crippen molar-refractivity contribution in [3.63, 3.8) is 0 Å². The molecule has 19 heavy (non-hydrogen) atoms. The molecule has 0 bridgehead atoms. The van der Waals surface area contributed by atoms with Gasteiger partial charge in [0.05, 0.1) is 6.10 Å². The summed E-state index contributed by atoms with van der Waals surface area (Å²) in [5.41, 5.74) is 0.407. The Balaban J connectivity index is 1.84. The third kappa shape index (κ3) is 3.71. The minimum absolute atomic E-state index is 0.0679. The summed E-state index contributed by atoms with van der Waals surface area (Å²) in [6, 6.07) is 0. The second-order valence-corrected chi connectivity index (χ2v) is 7.13. The molecule has 0 radical (unpaired) electrons. The van der Waals surface area contributed by atoms with Crippen LogP contribution in [-0.2, 0) is 0 Å². The number of rotatable bonds is 5. The van der Waals surface area contributed by atoms with Gasteiger partial charge in [0.25, 0.3) is 0 Å². The van der Waals surface area contributed by atoms with Gasteiger partial charge in [-0.3, -0.25) is 0 Å². The molecule has 1 N–H and O–H groups in total. The topological polar surface area (TPSA) is 26.7 Å². The largest absolute Gasteiger partial charge is 0.393 e. The summed E-state index contributed by atoms with van der Waals surface area (Å²) in [7, 11) is 6.67. The van der Waals surface area contributed by atoms with Crippen LogP contribution < -0.4 is 0 Å². The summed E-state index contributed by atoms with van der Waals surface area (Å²) in [5.74, 6) is 0.492. The number of nitrogens with zero attached hydrogens (tertiary/aromatic N) is 2. The van der Waals surface area contributed by atoms with Crippen LogP contribution in [0.25, 0.3) is 0 Å². The van der Waals surface area contributed by atoms with E-state index in [-0.39, 0.29) is 6.10 Å². The highest BCUT2D eigenvalue weighted by molar-refractivity contribution is 4.98. The predicted molar refractivity (Wildman–Crippen MR) is 80.3 cm³/mol. The Labute approximate surface area is 119 Å². The van der Waals surface area contributed by atoms with Gasteiger partial charge >= 0.3 is 0 Å². The summed E-state index contributed by atoms with van der Waals surface area (Å²) in [5, 5.41) is 10.2. The molecule has 0 amide bonds. The maximum atomic E-state index is 10.2. The van der Waals surface area contributed by atoms with Gasteiger partial charge in [-0.1, -0.05) is 19.3 Å². The number of aliphatic hydroxyl groups is 1. The van der Waals surface area contributed by atoms with E-state index >= 15 is 0 Å². The van der Waals surface area contributed by atoms with Crippen molar-refractivity contribution in [1.29, 1.82) is 0 Å². The highest BCUT2D eigenvalue weighted by atomic mass is 16.3.